The van der Waals surface area contributed by atoms with Crippen LogP contribution in [-0.2, 0) is 13.0 Å². The van der Waals surface area contributed by atoms with Crippen LogP contribution in [0.2, 0.25) is 0 Å². The monoisotopic (exact) mass is 308 g/mol. The van der Waals surface area contributed by atoms with Crippen LogP contribution in [0, 0.1) is 5.82 Å². The molecule has 94 valence electrons. The second kappa shape index (κ2) is 6.61. The molecule has 0 amide bonds. The van der Waals surface area contributed by atoms with Crippen LogP contribution in [0.1, 0.15) is 11.1 Å². The Bertz CT molecular complexity index is 482. The zero-order valence-electron chi connectivity index (χ0n) is 9.87. The first-order chi connectivity index (χ1) is 8.74. The molecule has 2 nitrogen and oxygen atoms in total. The van der Waals surface area contributed by atoms with Crippen molar-refractivity contribution in [3.63, 3.8) is 0 Å². The Hall–Kier alpha value is -1.26. The first-order valence-electron chi connectivity index (χ1n) is 5.78. The third-order valence-electron chi connectivity index (χ3n) is 2.59. The van der Waals surface area contributed by atoms with Crippen molar-refractivity contribution in [3.05, 3.63) is 64.1 Å². The van der Waals surface area contributed by atoms with Crippen molar-refractivity contribution in [1.82, 2.24) is 10.3 Å². The molecule has 0 bridgehead atoms. The summed E-state index contributed by atoms with van der Waals surface area (Å²) in [6.07, 6.45) is 4.52. The number of benzene rings is 1. The van der Waals surface area contributed by atoms with Crippen LogP contribution in [0.3, 0.4) is 0 Å². The maximum absolute atomic E-state index is 13.1. The molecule has 0 fully saturated rings. The highest BCUT2D eigenvalue weighted by molar-refractivity contribution is 9.10. The lowest BCUT2D eigenvalue weighted by Gasteiger charge is -2.06. The zero-order chi connectivity index (χ0) is 12.8. The minimum Gasteiger partial charge on any atom is -0.312 e. The fourth-order valence-corrected chi connectivity index (χ4v) is 2.24. The number of pyridine rings is 1. The second-order valence-electron chi connectivity index (χ2n) is 4.06. The van der Waals surface area contributed by atoms with Crippen molar-refractivity contribution in [3.8, 4) is 0 Å². The van der Waals surface area contributed by atoms with Crippen molar-refractivity contribution >= 4 is 15.9 Å². The van der Waals surface area contributed by atoms with Crippen molar-refractivity contribution < 1.29 is 4.39 Å². The molecule has 2 aromatic rings. The van der Waals surface area contributed by atoms with E-state index in [-0.39, 0.29) is 5.82 Å². The molecular formula is C14H14BrFN2. The van der Waals surface area contributed by atoms with E-state index in [1.165, 1.54) is 11.6 Å². The number of hydrogen-bond acceptors (Lipinski definition) is 2. The number of nitrogens with one attached hydrogen (secondary N) is 1. The fraction of sp³-hybridized carbons (Fsp3) is 0.214. The number of aromatic nitrogens is 1. The average Bonchev–Trinajstić information content (AvgIpc) is 2.35. The van der Waals surface area contributed by atoms with Crippen LogP contribution in [0.4, 0.5) is 4.39 Å². The van der Waals surface area contributed by atoms with E-state index in [0.29, 0.717) is 6.54 Å². The first-order valence-corrected chi connectivity index (χ1v) is 6.58. The molecule has 18 heavy (non-hydrogen) atoms. The number of nitrogens with zero attached hydrogens (tertiary/aromatic N) is 1. The minimum atomic E-state index is -0.213. The molecule has 0 radical (unpaired) electrons. The second-order valence-corrected chi connectivity index (χ2v) is 4.98. The molecule has 0 aliphatic carbocycles. The quantitative estimate of drug-likeness (QED) is 0.857. The fourth-order valence-electron chi connectivity index (χ4n) is 1.73. The topological polar surface area (TPSA) is 24.9 Å². The third kappa shape index (κ3) is 4.20. The van der Waals surface area contributed by atoms with Gasteiger partial charge in [-0.05, 0) is 54.4 Å². The summed E-state index contributed by atoms with van der Waals surface area (Å²) in [5.41, 5.74) is 2.19. The van der Waals surface area contributed by atoms with Gasteiger partial charge in [-0.15, -0.1) is 0 Å². The Morgan fingerprint density at radius 1 is 1.11 bits per heavy atom. The SMILES string of the molecule is Fc1cc(Br)cc(CNCCc2ccncc2)c1. The molecule has 0 saturated carbocycles. The molecule has 0 atom stereocenters. The summed E-state index contributed by atoms with van der Waals surface area (Å²) in [7, 11) is 0. The van der Waals surface area contributed by atoms with Crippen LogP contribution >= 0.6 is 15.9 Å². The summed E-state index contributed by atoms with van der Waals surface area (Å²) >= 11 is 3.28. The standard InChI is InChI=1S/C14H14BrFN2/c15-13-7-12(8-14(16)9-13)10-18-6-3-11-1-4-17-5-2-11/h1-2,4-5,7-9,18H,3,6,10H2. The largest absolute Gasteiger partial charge is 0.312 e. The van der Waals surface area contributed by atoms with Gasteiger partial charge in [-0.1, -0.05) is 15.9 Å². The van der Waals surface area contributed by atoms with Crippen molar-refractivity contribution in [1.29, 1.82) is 0 Å². The van der Waals surface area contributed by atoms with E-state index in [4.69, 9.17) is 0 Å². The van der Waals surface area contributed by atoms with Crippen molar-refractivity contribution in [2.45, 2.75) is 13.0 Å². The predicted molar refractivity (Wildman–Crippen MR) is 73.7 cm³/mol. The smallest absolute Gasteiger partial charge is 0.124 e. The lowest BCUT2D eigenvalue weighted by Crippen LogP contribution is -2.16. The number of rotatable bonds is 5. The van der Waals surface area contributed by atoms with E-state index in [2.05, 4.69) is 26.2 Å². The first kappa shape index (κ1) is 13.2. The molecular weight excluding hydrogens is 295 g/mol. The Morgan fingerprint density at radius 3 is 2.61 bits per heavy atom. The van der Waals surface area contributed by atoms with Gasteiger partial charge >= 0.3 is 0 Å². The van der Waals surface area contributed by atoms with E-state index in [1.54, 1.807) is 18.5 Å². The summed E-state index contributed by atoms with van der Waals surface area (Å²) in [5.74, 6) is -0.213. The van der Waals surface area contributed by atoms with Gasteiger partial charge in [0.2, 0.25) is 0 Å². The summed E-state index contributed by atoms with van der Waals surface area (Å²) in [6, 6.07) is 8.92. The highest BCUT2D eigenvalue weighted by Crippen LogP contribution is 2.14. The maximum Gasteiger partial charge on any atom is 0.124 e. The van der Waals surface area contributed by atoms with E-state index in [0.717, 1.165) is 23.0 Å². The lowest BCUT2D eigenvalue weighted by atomic mass is 10.2. The molecule has 1 heterocycles. The highest BCUT2D eigenvalue weighted by Gasteiger charge is 1.99. The van der Waals surface area contributed by atoms with Crippen molar-refractivity contribution in [2.75, 3.05) is 6.54 Å². The normalized spacial score (nSPS) is 10.6. The Balaban J connectivity index is 1.78. The molecule has 0 saturated heterocycles. The van der Waals surface area contributed by atoms with Gasteiger partial charge in [0.05, 0.1) is 0 Å². The number of hydrogen-bond donors (Lipinski definition) is 1. The molecule has 2 rings (SSSR count). The molecule has 0 spiro atoms. The maximum atomic E-state index is 13.1. The van der Waals surface area contributed by atoms with Crippen LogP contribution in [0.5, 0.6) is 0 Å². The van der Waals surface area contributed by atoms with Gasteiger partial charge in [-0.3, -0.25) is 4.98 Å². The third-order valence-corrected chi connectivity index (χ3v) is 3.05. The molecule has 0 aliphatic rings. The Labute approximate surface area is 114 Å². The van der Waals surface area contributed by atoms with E-state index < -0.39 is 0 Å². The molecule has 1 aromatic heterocycles. The number of halogens is 2. The average molecular weight is 309 g/mol. The van der Waals surface area contributed by atoms with Gasteiger partial charge in [0, 0.05) is 23.4 Å². The summed E-state index contributed by atoms with van der Waals surface area (Å²) < 4.78 is 13.9. The summed E-state index contributed by atoms with van der Waals surface area (Å²) in [4.78, 5) is 3.97. The summed E-state index contributed by atoms with van der Waals surface area (Å²) in [6.45, 7) is 1.53. The molecule has 0 unspecified atom stereocenters. The van der Waals surface area contributed by atoms with Gasteiger partial charge < -0.3 is 5.32 Å². The van der Waals surface area contributed by atoms with Crippen LogP contribution in [0.15, 0.2) is 47.2 Å². The minimum absolute atomic E-state index is 0.213. The van der Waals surface area contributed by atoms with E-state index >= 15 is 0 Å². The van der Waals surface area contributed by atoms with Gasteiger partial charge in [-0.2, -0.15) is 0 Å². The van der Waals surface area contributed by atoms with Crippen LogP contribution in [-0.4, -0.2) is 11.5 Å². The molecule has 1 N–H and O–H groups in total. The van der Waals surface area contributed by atoms with Crippen LogP contribution < -0.4 is 5.32 Å². The molecule has 1 aromatic carbocycles. The van der Waals surface area contributed by atoms with Crippen LogP contribution in [0.25, 0.3) is 0 Å². The van der Waals surface area contributed by atoms with Gasteiger partial charge in [0.1, 0.15) is 5.82 Å². The lowest BCUT2D eigenvalue weighted by molar-refractivity contribution is 0.619. The highest BCUT2D eigenvalue weighted by atomic mass is 79.9. The van der Waals surface area contributed by atoms with Crippen molar-refractivity contribution in [2.24, 2.45) is 0 Å². The van der Waals surface area contributed by atoms with Gasteiger partial charge in [0.25, 0.3) is 0 Å². The Morgan fingerprint density at radius 2 is 1.89 bits per heavy atom. The van der Waals surface area contributed by atoms with E-state index in [9.17, 15) is 4.39 Å². The van der Waals surface area contributed by atoms with Gasteiger partial charge in [0.15, 0.2) is 0 Å². The van der Waals surface area contributed by atoms with Gasteiger partial charge in [-0.25, -0.2) is 4.39 Å². The zero-order valence-corrected chi connectivity index (χ0v) is 11.5. The van der Waals surface area contributed by atoms with E-state index in [1.807, 2.05) is 18.2 Å². The Kier molecular flexibility index (Phi) is 4.84. The molecule has 4 heteroatoms. The predicted octanol–water partition coefficient (Wildman–Crippen LogP) is 3.32. The summed E-state index contributed by atoms with van der Waals surface area (Å²) in [5, 5.41) is 3.30. The molecule has 0 aliphatic heterocycles.